The first-order valence-corrected chi connectivity index (χ1v) is 28.0. The largest absolute Gasteiger partial charge is 0.462 e. The molecule has 0 aliphatic carbocycles. The number of allylic oxidation sites excluding steroid dienone is 12. The normalized spacial score (nSPS) is 12.6. The van der Waals surface area contributed by atoms with Crippen molar-refractivity contribution >= 4 is 17.9 Å². The summed E-state index contributed by atoms with van der Waals surface area (Å²) in [7, 11) is 0. The minimum atomic E-state index is -0.783. The van der Waals surface area contributed by atoms with Crippen LogP contribution >= 0.6 is 0 Å². The molecule has 0 aromatic rings. The molecule has 66 heavy (non-hydrogen) atoms. The molecular formula is C60H104O6. The Labute approximate surface area is 408 Å². The average Bonchev–Trinajstić information content (AvgIpc) is 3.31. The number of hydrogen-bond donors (Lipinski definition) is 0. The third-order valence-corrected chi connectivity index (χ3v) is 11.9. The summed E-state index contributed by atoms with van der Waals surface area (Å²) < 4.78 is 16.8. The van der Waals surface area contributed by atoms with Gasteiger partial charge in [-0.1, -0.05) is 229 Å². The zero-order valence-electron chi connectivity index (χ0n) is 43.4. The Morgan fingerprint density at radius 1 is 0.333 bits per heavy atom. The molecule has 0 spiro atoms. The standard InChI is InChI=1S/C60H104O6/c1-4-7-10-13-16-19-22-24-26-28-30-32-34-36-38-41-44-47-50-53-59(62)65-56-57(55-64-58(61)52-49-46-43-40-21-18-15-12-9-6-3)66-60(63)54-51-48-45-42-39-37-35-33-31-29-27-25-23-20-17-14-11-8-5-2/h7,10,15-20,23-26,57H,4-6,8-9,11-14,21-22,27-56H2,1-3H3/b10-7-,18-15-,19-16-,20-17-,25-23-,26-24-. The lowest BCUT2D eigenvalue weighted by Crippen LogP contribution is -2.30. The van der Waals surface area contributed by atoms with E-state index in [1.807, 2.05) is 0 Å². The number of esters is 3. The molecule has 380 valence electrons. The Morgan fingerprint density at radius 2 is 0.652 bits per heavy atom. The van der Waals surface area contributed by atoms with Crippen LogP contribution in [0.3, 0.4) is 0 Å². The van der Waals surface area contributed by atoms with Gasteiger partial charge in [-0.2, -0.15) is 0 Å². The van der Waals surface area contributed by atoms with Gasteiger partial charge in [0, 0.05) is 19.3 Å². The predicted molar refractivity (Wildman–Crippen MR) is 284 cm³/mol. The topological polar surface area (TPSA) is 78.9 Å². The number of rotatable bonds is 50. The van der Waals surface area contributed by atoms with E-state index in [1.54, 1.807) is 0 Å². The summed E-state index contributed by atoms with van der Waals surface area (Å²) in [5.41, 5.74) is 0. The third-order valence-electron chi connectivity index (χ3n) is 11.9. The van der Waals surface area contributed by atoms with E-state index >= 15 is 0 Å². The maximum atomic E-state index is 12.8. The summed E-state index contributed by atoms with van der Waals surface area (Å²) in [6, 6.07) is 0. The van der Waals surface area contributed by atoms with E-state index < -0.39 is 6.10 Å². The summed E-state index contributed by atoms with van der Waals surface area (Å²) >= 11 is 0. The highest BCUT2D eigenvalue weighted by molar-refractivity contribution is 5.71. The molecular weight excluding hydrogens is 817 g/mol. The Morgan fingerprint density at radius 3 is 1.08 bits per heavy atom. The molecule has 0 aromatic carbocycles. The summed E-state index contributed by atoms with van der Waals surface area (Å²) in [5, 5.41) is 0. The van der Waals surface area contributed by atoms with Crippen molar-refractivity contribution < 1.29 is 28.6 Å². The van der Waals surface area contributed by atoms with Crippen LogP contribution in [0, 0.1) is 0 Å². The molecule has 0 amide bonds. The molecule has 0 N–H and O–H groups in total. The minimum Gasteiger partial charge on any atom is -0.462 e. The fraction of sp³-hybridized carbons (Fsp3) is 0.750. The Balaban J connectivity index is 4.32. The van der Waals surface area contributed by atoms with E-state index in [0.29, 0.717) is 19.3 Å². The summed E-state index contributed by atoms with van der Waals surface area (Å²) in [6.45, 7) is 6.46. The molecule has 1 atom stereocenters. The molecule has 0 aliphatic rings. The van der Waals surface area contributed by atoms with Crippen molar-refractivity contribution in [3.63, 3.8) is 0 Å². The first kappa shape index (κ1) is 62.8. The Kier molecular flexibility index (Phi) is 51.9. The van der Waals surface area contributed by atoms with Gasteiger partial charge in [0.2, 0.25) is 0 Å². The van der Waals surface area contributed by atoms with Crippen LogP contribution in [-0.4, -0.2) is 37.2 Å². The van der Waals surface area contributed by atoms with Gasteiger partial charge in [0.1, 0.15) is 13.2 Å². The quantitative estimate of drug-likeness (QED) is 0.0199. The van der Waals surface area contributed by atoms with Crippen molar-refractivity contribution in [3.05, 3.63) is 72.9 Å². The molecule has 1 unspecified atom stereocenters. The highest BCUT2D eigenvalue weighted by Gasteiger charge is 2.19. The predicted octanol–water partition coefficient (Wildman–Crippen LogP) is 18.6. The number of carbonyl (C=O) groups is 3. The molecule has 0 saturated carbocycles. The van der Waals surface area contributed by atoms with Gasteiger partial charge in [-0.15, -0.1) is 0 Å². The molecule has 0 rings (SSSR count). The molecule has 0 aliphatic heterocycles. The van der Waals surface area contributed by atoms with Crippen LogP contribution in [-0.2, 0) is 28.6 Å². The van der Waals surface area contributed by atoms with Crippen molar-refractivity contribution in [1.82, 2.24) is 0 Å². The average molecular weight is 921 g/mol. The van der Waals surface area contributed by atoms with Crippen LogP contribution < -0.4 is 0 Å². The number of ether oxygens (including phenoxy) is 3. The van der Waals surface area contributed by atoms with Gasteiger partial charge in [-0.05, 0) is 96.3 Å². The second kappa shape index (κ2) is 54.5. The third kappa shape index (κ3) is 51.8. The molecule has 6 nitrogen and oxygen atoms in total. The molecule has 0 fully saturated rings. The van der Waals surface area contributed by atoms with Crippen LogP contribution in [0.5, 0.6) is 0 Å². The first-order chi connectivity index (χ1) is 32.5. The van der Waals surface area contributed by atoms with Gasteiger partial charge in [0.15, 0.2) is 6.10 Å². The molecule has 0 aromatic heterocycles. The summed E-state index contributed by atoms with van der Waals surface area (Å²) in [4.78, 5) is 38.0. The van der Waals surface area contributed by atoms with Gasteiger partial charge in [0.05, 0.1) is 0 Å². The maximum Gasteiger partial charge on any atom is 0.306 e. The molecule has 0 bridgehead atoms. The van der Waals surface area contributed by atoms with E-state index in [-0.39, 0.29) is 31.1 Å². The second-order valence-electron chi connectivity index (χ2n) is 18.5. The Bertz CT molecular complexity index is 1240. The lowest BCUT2D eigenvalue weighted by Gasteiger charge is -2.18. The second-order valence-corrected chi connectivity index (χ2v) is 18.5. The molecule has 0 heterocycles. The zero-order chi connectivity index (χ0) is 47.9. The summed E-state index contributed by atoms with van der Waals surface area (Å²) in [5.74, 6) is -0.900. The van der Waals surface area contributed by atoms with Crippen LogP contribution in [0.15, 0.2) is 72.9 Å². The highest BCUT2D eigenvalue weighted by Crippen LogP contribution is 2.15. The molecule has 6 heteroatoms. The van der Waals surface area contributed by atoms with Gasteiger partial charge in [0.25, 0.3) is 0 Å². The fourth-order valence-corrected chi connectivity index (χ4v) is 7.72. The minimum absolute atomic E-state index is 0.0827. The maximum absolute atomic E-state index is 12.8. The lowest BCUT2D eigenvalue weighted by molar-refractivity contribution is -0.167. The zero-order valence-corrected chi connectivity index (χ0v) is 43.4. The van der Waals surface area contributed by atoms with E-state index in [1.165, 1.54) is 135 Å². The van der Waals surface area contributed by atoms with Gasteiger partial charge in [-0.3, -0.25) is 14.4 Å². The number of unbranched alkanes of at least 4 members (excludes halogenated alkanes) is 28. The van der Waals surface area contributed by atoms with E-state index in [0.717, 1.165) is 96.3 Å². The van der Waals surface area contributed by atoms with Gasteiger partial charge in [-0.25, -0.2) is 0 Å². The van der Waals surface area contributed by atoms with E-state index in [2.05, 4.69) is 93.7 Å². The Hall–Kier alpha value is -3.15. The van der Waals surface area contributed by atoms with Gasteiger partial charge < -0.3 is 14.2 Å². The van der Waals surface area contributed by atoms with Crippen LogP contribution in [0.25, 0.3) is 0 Å². The van der Waals surface area contributed by atoms with E-state index in [4.69, 9.17) is 14.2 Å². The highest BCUT2D eigenvalue weighted by atomic mass is 16.6. The fourth-order valence-electron chi connectivity index (χ4n) is 7.72. The van der Waals surface area contributed by atoms with Crippen molar-refractivity contribution in [1.29, 1.82) is 0 Å². The first-order valence-electron chi connectivity index (χ1n) is 28.0. The van der Waals surface area contributed by atoms with Crippen molar-refractivity contribution in [2.75, 3.05) is 13.2 Å². The SMILES string of the molecule is CC/C=C\C/C=C\C/C=C\CCCCCCCCCCCC(=O)OCC(COC(=O)CCCCCC/C=C\CCCC)OC(=O)CCCCCCCCCCCC/C=C\C=C/CCCCC. The van der Waals surface area contributed by atoms with Crippen LogP contribution in [0.2, 0.25) is 0 Å². The lowest BCUT2D eigenvalue weighted by atomic mass is 10.1. The van der Waals surface area contributed by atoms with Crippen LogP contribution in [0.1, 0.15) is 271 Å². The monoisotopic (exact) mass is 921 g/mol. The van der Waals surface area contributed by atoms with Crippen molar-refractivity contribution in [2.45, 2.75) is 277 Å². The molecule has 0 radical (unpaired) electrons. The van der Waals surface area contributed by atoms with Crippen molar-refractivity contribution in [3.8, 4) is 0 Å². The smallest absolute Gasteiger partial charge is 0.306 e. The van der Waals surface area contributed by atoms with E-state index in [9.17, 15) is 14.4 Å². The number of carbonyl (C=O) groups excluding carboxylic acids is 3. The van der Waals surface area contributed by atoms with Gasteiger partial charge >= 0.3 is 17.9 Å². The number of hydrogen-bond acceptors (Lipinski definition) is 6. The van der Waals surface area contributed by atoms with Crippen molar-refractivity contribution in [2.24, 2.45) is 0 Å². The molecule has 0 saturated heterocycles. The summed E-state index contributed by atoms with van der Waals surface area (Å²) in [6.07, 6.45) is 68.9. The van der Waals surface area contributed by atoms with Crippen LogP contribution in [0.4, 0.5) is 0 Å².